The summed E-state index contributed by atoms with van der Waals surface area (Å²) in [5.41, 5.74) is 0.0934. The zero-order valence-electron chi connectivity index (χ0n) is 11.8. The van der Waals surface area contributed by atoms with Crippen molar-refractivity contribution in [1.29, 1.82) is 0 Å². The van der Waals surface area contributed by atoms with Crippen LogP contribution in [-0.2, 0) is 14.8 Å². The van der Waals surface area contributed by atoms with E-state index in [1.54, 1.807) is 6.92 Å². The first-order valence-electron chi connectivity index (χ1n) is 6.37. The lowest BCUT2D eigenvalue weighted by molar-refractivity contribution is 0.0600. The molecule has 2 N–H and O–H groups in total. The normalized spacial score (nSPS) is 13.0. The van der Waals surface area contributed by atoms with E-state index >= 15 is 0 Å². The van der Waals surface area contributed by atoms with Crippen molar-refractivity contribution in [2.24, 2.45) is 0 Å². The molecule has 0 bridgehead atoms. The minimum atomic E-state index is -3.86. The van der Waals surface area contributed by atoms with Crippen LogP contribution >= 0.6 is 11.6 Å². The van der Waals surface area contributed by atoms with Gasteiger partial charge < -0.3 is 9.84 Å². The topological polar surface area (TPSA) is 92.7 Å². The minimum Gasteiger partial charge on any atom is -0.465 e. The molecule has 0 spiro atoms. The zero-order chi connectivity index (χ0) is 16.0. The smallest absolute Gasteiger partial charge is 0.337 e. The lowest BCUT2D eigenvalue weighted by Crippen LogP contribution is -2.27. The van der Waals surface area contributed by atoms with Gasteiger partial charge in [-0.25, -0.2) is 17.9 Å². The summed E-state index contributed by atoms with van der Waals surface area (Å²) in [6.45, 7) is 1.88. The molecular weight excluding hydrogens is 318 g/mol. The first kappa shape index (κ1) is 17.9. The summed E-state index contributed by atoms with van der Waals surface area (Å²) >= 11 is 5.88. The van der Waals surface area contributed by atoms with Gasteiger partial charge in [-0.2, -0.15) is 0 Å². The number of benzene rings is 1. The Bertz CT molecular complexity index is 603. The number of esters is 1. The van der Waals surface area contributed by atoms with Gasteiger partial charge in [0.1, 0.15) is 4.90 Å². The standard InChI is InChI=1S/C13H18ClNO5S/c1-3-10(16)6-7-15-21(18,19)12-8-9(13(17)20-2)4-5-11(12)14/h4-5,8,10,15-16H,3,6-7H2,1-2H3. The predicted octanol–water partition coefficient (Wildman–Crippen LogP) is 1.57. The molecule has 0 aromatic heterocycles. The van der Waals surface area contributed by atoms with Gasteiger partial charge in [0.05, 0.1) is 23.8 Å². The summed E-state index contributed by atoms with van der Waals surface area (Å²) in [7, 11) is -2.66. The number of ether oxygens (including phenoxy) is 1. The highest BCUT2D eigenvalue weighted by molar-refractivity contribution is 7.89. The number of nitrogens with one attached hydrogen (secondary N) is 1. The van der Waals surface area contributed by atoms with Gasteiger partial charge in [-0.3, -0.25) is 0 Å². The van der Waals surface area contributed by atoms with Crippen molar-refractivity contribution in [2.75, 3.05) is 13.7 Å². The third-order valence-electron chi connectivity index (χ3n) is 2.88. The number of halogens is 1. The van der Waals surface area contributed by atoms with Gasteiger partial charge >= 0.3 is 5.97 Å². The van der Waals surface area contributed by atoms with Crippen LogP contribution < -0.4 is 4.72 Å². The van der Waals surface area contributed by atoms with Gasteiger partial charge in [-0.1, -0.05) is 18.5 Å². The number of hydrogen-bond donors (Lipinski definition) is 2. The van der Waals surface area contributed by atoms with Crippen molar-refractivity contribution in [3.63, 3.8) is 0 Å². The van der Waals surface area contributed by atoms with Gasteiger partial charge in [0.15, 0.2) is 0 Å². The Morgan fingerprint density at radius 3 is 2.71 bits per heavy atom. The van der Waals surface area contributed by atoms with Gasteiger partial charge in [0, 0.05) is 6.54 Å². The molecule has 0 saturated carbocycles. The maximum absolute atomic E-state index is 12.2. The molecular formula is C13H18ClNO5S. The fraction of sp³-hybridized carbons (Fsp3) is 0.462. The van der Waals surface area contributed by atoms with Crippen LogP contribution in [0.1, 0.15) is 30.1 Å². The fourth-order valence-electron chi connectivity index (χ4n) is 1.60. The van der Waals surface area contributed by atoms with Crippen LogP contribution in [0.5, 0.6) is 0 Å². The fourth-order valence-corrected chi connectivity index (χ4v) is 3.17. The largest absolute Gasteiger partial charge is 0.465 e. The number of carbonyl (C=O) groups excluding carboxylic acids is 1. The number of sulfonamides is 1. The second-order valence-corrected chi connectivity index (χ2v) is 6.53. The average molecular weight is 336 g/mol. The second kappa shape index (κ2) is 7.74. The van der Waals surface area contributed by atoms with E-state index in [4.69, 9.17) is 11.6 Å². The van der Waals surface area contributed by atoms with Gasteiger partial charge in [-0.05, 0) is 31.0 Å². The molecule has 1 unspecified atom stereocenters. The van der Waals surface area contributed by atoms with E-state index in [9.17, 15) is 18.3 Å². The van der Waals surface area contributed by atoms with Crippen molar-refractivity contribution in [2.45, 2.75) is 30.8 Å². The Hall–Kier alpha value is -1.15. The molecule has 0 amide bonds. The monoisotopic (exact) mass is 335 g/mol. The first-order chi connectivity index (χ1) is 9.81. The Kier molecular flexibility index (Phi) is 6.60. The highest BCUT2D eigenvalue weighted by Crippen LogP contribution is 2.23. The molecule has 0 aliphatic rings. The maximum atomic E-state index is 12.2. The number of hydrogen-bond acceptors (Lipinski definition) is 5. The van der Waals surface area contributed by atoms with Crippen molar-refractivity contribution in [1.82, 2.24) is 4.72 Å². The van der Waals surface area contributed by atoms with Gasteiger partial charge in [0.25, 0.3) is 0 Å². The predicted molar refractivity (Wildman–Crippen MR) is 78.9 cm³/mol. The molecule has 0 fully saturated rings. The Morgan fingerprint density at radius 1 is 1.48 bits per heavy atom. The summed E-state index contributed by atoms with van der Waals surface area (Å²) in [6, 6.07) is 3.87. The quantitative estimate of drug-likeness (QED) is 0.738. The maximum Gasteiger partial charge on any atom is 0.337 e. The van der Waals surface area contributed by atoms with Crippen molar-refractivity contribution >= 4 is 27.6 Å². The molecule has 118 valence electrons. The second-order valence-electron chi connectivity index (χ2n) is 4.39. The van der Waals surface area contributed by atoms with Crippen LogP contribution in [0.25, 0.3) is 0 Å². The third kappa shape index (κ3) is 4.96. The number of rotatable bonds is 7. The molecule has 0 radical (unpaired) electrons. The lowest BCUT2D eigenvalue weighted by Gasteiger charge is -2.11. The number of carbonyl (C=O) groups is 1. The summed E-state index contributed by atoms with van der Waals surface area (Å²) in [4.78, 5) is 11.2. The lowest BCUT2D eigenvalue weighted by atomic mass is 10.2. The van der Waals surface area contributed by atoms with Crippen molar-refractivity contribution in [3.05, 3.63) is 28.8 Å². The van der Waals surface area contributed by atoms with E-state index in [0.717, 1.165) is 6.07 Å². The van der Waals surface area contributed by atoms with Crippen molar-refractivity contribution in [3.8, 4) is 0 Å². The average Bonchev–Trinajstić information content (AvgIpc) is 2.46. The molecule has 0 aliphatic carbocycles. The highest BCUT2D eigenvalue weighted by Gasteiger charge is 2.20. The molecule has 1 aromatic carbocycles. The minimum absolute atomic E-state index is 0.00573. The summed E-state index contributed by atoms with van der Waals surface area (Å²) < 4.78 is 31.2. The van der Waals surface area contributed by atoms with Crippen LogP contribution in [0, 0.1) is 0 Å². The van der Waals surface area contributed by atoms with E-state index in [-0.39, 0.29) is 22.0 Å². The Labute approximate surface area is 129 Å². The van der Waals surface area contributed by atoms with E-state index in [1.165, 1.54) is 19.2 Å². The molecule has 6 nitrogen and oxygen atoms in total. The molecule has 0 saturated heterocycles. The summed E-state index contributed by atoms with van der Waals surface area (Å²) in [5.74, 6) is -0.649. The molecule has 21 heavy (non-hydrogen) atoms. The SMILES string of the molecule is CCC(O)CCNS(=O)(=O)c1cc(C(=O)OC)ccc1Cl. The van der Waals surface area contributed by atoms with E-state index in [2.05, 4.69) is 9.46 Å². The molecule has 1 rings (SSSR count). The highest BCUT2D eigenvalue weighted by atomic mass is 35.5. The van der Waals surface area contributed by atoms with Crippen LogP contribution in [0.4, 0.5) is 0 Å². The van der Waals surface area contributed by atoms with Gasteiger partial charge in [-0.15, -0.1) is 0 Å². The van der Waals surface area contributed by atoms with Gasteiger partial charge in [0.2, 0.25) is 10.0 Å². The Balaban J connectivity index is 2.94. The van der Waals surface area contributed by atoms with Crippen molar-refractivity contribution < 1.29 is 23.1 Å². The number of aliphatic hydroxyl groups excluding tert-OH is 1. The van der Waals surface area contributed by atoms with E-state index in [0.29, 0.717) is 12.8 Å². The molecule has 1 aromatic rings. The first-order valence-corrected chi connectivity index (χ1v) is 8.23. The Morgan fingerprint density at radius 2 is 2.14 bits per heavy atom. The molecule has 0 aliphatic heterocycles. The van der Waals surface area contributed by atoms with E-state index < -0.39 is 22.1 Å². The van der Waals surface area contributed by atoms with E-state index in [1.807, 2.05) is 0 Å². The number of methoxy groups -OCH3 is 1. The third-order valence-corrected chi connectivity index (χ3v) is 4.83. The zero-order valence-corrected chi connectivity index (χ0v) is 13.4. The summed E-state index contributed by atoms with van der Waals surface area (Å²) in [5, 5.41) is 9.41. The summed E-state index contributed by atoms with van der Waals surface area (Å²) in [6.07, 6.45) is 0.272. The van der Waals surface area contributed by atoms with Crippen LogP contribution in [-0.4, -0.2) is 39.3 Å². The number of aliphatic hydroxyl groups is 1. The molecule has 1 atom stereocenters. The van der Waals surface area contributed by atoms with Crippen LogP contribution in [0.15, 0.2) is 23.1 Å². The van der Waals surface area contributed by atoms with Crippen LogP contribution in [0.3, 0.4) is 0 Å². The molecule has 0 heterocycles. The van der Waals surface area contributed by atoms with Crippen LogP contribution in [0.2, 0.25) is 5.02 Å². The molecule has 8 heteroatoms.